The molecule has 2 fully saturated rings. The smallest absolute Gasteiger partial charge is 0.289 e. The number of amides is 1. The first-order chi connectivity index (χ1) is 12.7. The molecule has 1 aromatic heterocycles. The van der Waals surface area contributed by atoms with Crippen molar-refractivity contribution >= 4 is 21.8 Å². The topological polar surface area (TPSA) is 45.9 Å². The van der Waals surface area contributed by atoms with Crippen molar-refractivity contribution < 1.29 is 13.9 Å². The first kappa shape index (κ1) is 17.6. The molecule has 26 heavy (non-hydrogen) atoms. The van der Waals surface area contributed by atoms with Crippen molar-refractivity contribution in [2.45, 2.75) is 31.9 Å². The van der Waals surface area contributed by atoms with Gasteiger partial charge in [-0.05, 0) is 62.7 Å². The predicted octanol–water partition coefficient (Wildman–Crippen LogP) is 3.93. The molecule has 2 saturated heterocycles. The van der Waals surface area contributed by atoms with Crippen LogP contribution in [0.15, 0.2) is 45.3 Å². The number of likely N-dealkylation sites (tertiary alicyclic amines) is 2. The molecular weight excluding hydrogens is 396 g/mol. The molecule has 1 atom stereocenters. The van der Waals surface area contributed by atoms with E-state index in [1.54, 1.807) is 6.07 Å². The zero-order valence-electron chi connectivity index (χ0n) is 14.7. The van der Waals surface area contributed by atoms with Crippen molar-refractivity contribution in [3.8, 4) is 5.75 Å². The summed E-state index contributed by atoms with van der Waals surface area (Å²) in [6, 6.07) is 11.7. The van der Waals surface area contributed by atoms with Crippen LogP contribution in [-0.2, 0) is 6.61 Å². The molecule has 2 aliphatic heterocycles. The average molecular weight is 419 g/mol. The highest BCUT2D eigenvalue weighted by Crippen LogP contribution is 2.23. The third kappa shape index (κ3) is 3.96. The lowest BCUT2D eigenvalue weighted by molar-refractivity contribution is 0.0744. The van der Waals surface area contributed by atoms with Crippen LogP contribution >= 0.6 is 15.9 Å². The van der Waals surface area contributed by atoms with Crippen molar-refractivity contribution in [1.82, 2.24) is 9.80 Å². The van der Waals surface area contributed by atoms with Crippen molar-refractivity contribution in [2.75, 3.05) is 26.2 Å². The van der Waals surface area contributed by atoms with E-state index in [1.807, 2.05) is 35.2 Å². The van der Waals surface area contributed by atoms with Gasteiger partial charge in [0.05, 0.1) is 0 Å². The Hall–Kier alpha value is -1.79. The second kappa shape index (κ2) is 7.84. The Bertz CT molecular complexity index is 770. The first-order valence-electron chi connectivity index (χ1n) is 9.19. The monoisotopic (exact) mass is 418 g/mol. The number of furan rings is 1. The minimum Gasteiger partial charge on any atom is -0.486 e. The zero-order chi connectivity index (χ0) is 17.9. The molecule has 3 heterocycles. The SMILES string of the molecule is O=C(c1ccc(COc2cccc(Br)c2)o1)N1CC[C@H](N2CCCC2)C1. The number of benzene rings is 1. The van der Waals surface area contributed by atoms with Crippen LogP contribution in [0.2, 0.25) is 0 Å². The van der Waals surface area contributed by atoms with Gasteiger partial charge in [-0.15, -0.1) is 0 Å². The van der Waals surface area contributed by atoms with Gasteiger partial charge in [-0.3, -0.25) is 9.69 Å². The van der Waals surface area contributed by atoms with E-state index in [9.17, 15) is 4.79 Å². The van der Waals surface area contributed by atoms with Gasteiger partial charge in [0.2, 0.25) is 0 Å². The predicted molar refractivity (Wildman–Crippen MR) is 102 cm³/mol. The van der Waals surface area contributed by atoms with Gasteiger partial charge < -0.3 is 14.1 Å². The van der Waals surface area contributed by atoms with E-state index in [0.717, 1.165) is 29.7 Å². The second-order valence-corrected chi connectivity index (χ2v) is 7.86. The quantitative estimate of drug-likeness (QED) is 0.737. The van der Waals surface area contributed by atoms with Crippen LogP contribution < -0.4 is 4.74 Å². The summed E-state index contributed by atoms with van der Waals surface area (Å²) in [6.45, 7) is 4.27. The Morgan fingerprint density at radius 2 is 2.04 bits per heavy atom. The van der Waals surface area contributed by atoms with Gasteiger partial charge in [0.15, 0.2) is 5.76 Å². The van der Waals surface area contributed by atoms with E-state index < -0.39 is 0 Å². The third-order valence-electron chi connectivity index (χ3n) is 5.16. The van der Waals surface area contributed by atoms with Gasteiger partial charge in [-0.1, -0.05) is 22.0 Å². The highest BCUT2D eigenvalue weighted by Gasteiger charge is 2.32. The minimum atomic E-state index is -0.0135. The summed E-state index contributed by atoms with van der Waals surface area (Å²) in [7, 11) is 0. The molecule has 138 valence electrons. The van der Waals surface area contributed by atoms with Gasteiger partial charge in [0, 0.05) is 23.6 Å². The lowest BCUT2D eigenvalue weighted by atomic mass is 10.2. The van der Waals surface area contributed by atoms with Crippen molar-refractivity contribution in [3.63, 3.8) is 0 Å². The lowest BCUT2D eigenvalue weighted by Crippen LogP contribution is -2.37. The molecule has 6 heteroatoms. The van der Waals surface area contributed by atoms with Crippen LogP contribution in [-0.4, -0.2) is 47.9 Å². The van der Waals surface area contributed by atoms with Crippen LogP contribution in [0, 0.1) is 0 Å². The van der Waals surface area contributed by atoms with E-state index in [2.05, 4.69) is 20.8 Å². The van der Waals surface area contributed by atoms with E-state index in [-0.39, 0.29) is 5.91 Å². The molecule has 0 aliphatic carbocycles. The molecule has 2 aliphatic rings. The Labute approximate surface area is 162 Å². The van der Waals surface area contributed by atoms with Gasteiger partial charge in [0.1, 0.15) is 18.1 Å². The largest absolute Gasteiger partial charge is 0.486 e. The summed E-state index contributed by atoms with van der Waals surface area (Å²) in [5.74, 6) is 1.81. The van der Waals surface area contributed by atoms with Gasteiger partial charge >= 0.3 is 0 Å². The fourth-order valence-corrected chi connectivity index (χ4v) is 4.15. The van der Waals surface area contributed by atoms with Crippen LogP contribution in [0.25, 0.3) is 0 Å². The number of rotatable bonds is 5. The lowest BCUT2D eigenvalue weighted by Gasteiger charge is -2.23. The first-order valence-corrected chi connectivity index (χ1v) is 9.99. The fourth-order valence-electron chi connectivity index (χ4n) is 3.77. The van der Waals surface area contributed by atoms with Gasteiger partial charge in [-0.2, -0.15) is 0 Å². The molecule has 1 aromatic carbocycles. The van der Waals surface area contributed by atoms with E-state index >= 15 is 0 Å². The van der Waals surface area contributed by atoms with Crippen LogP contribution in [0.4, 0.5) is 0 Å². The summed E-state index contributed by atoms with van der Waals surface area (Å²) < 4.78 is 12.4. The van der Waals surface area contributed by atoms with Crippen molar-refractivity contribution in [3.05, 3.63) is 52.4 Å². The summed E-state index contributed by atoms with van der Waals surface area (Å²) in [6.07, 6.45) is 3.62. The average Bonchev–Trinajstić information content (AvgIpc) is 3.40. The second-order valence-electron chi connectivity index (χ2n) is 6.95. The molecule has 4 rings (SSSR count). The molecule has 0 spiro atoms. The van der Waals surface area contributed by atoms with E-state index in [0.29, 0.717) is 24.2 Å². The molecule has 2 aromatic rings. The standard InChI is InChI=1S/C20H23BrN2O3/c21-15-4-3-5-17(12-15)25-14-18-6-7-19(26-18)20(24)23-11-8-16(13-23)22-9-1-2-10-22/h3-7,12,16H,1-2,8-11,13-14H2/t16-/m0/s1. The fraction of sp³-hybridized carbons (Fsp3) is 0.450. The molecule has 0 bridgehead atoms. The van der Waals surface area contributed by atoms with Crippen LogP contribution in [0.3, 0.4) is 0 Å². The summed E-state index contributed by atoms with van der Waals surface area (Å²) in [4.78, 5) is 17.1. The molecule has 5 nitrogen and oxygen atoms in total. The van der Waals surface area contributed by atoms with E-state index in [4.69, 9.17) is 9.15 Å². The number of halogens is 1. The summed E-state index contributed by atoms with van der Waals surface area (Å²) >= 11 is 3.42. The highest BCUT2D eigenvalue weighted by molar-refractivity contribution is 9.10. The Kier molecular flexibility index (Phi) is 5.31. The number of hydrogen-bond donors (Lipinski definition) is 0. The summed E-state index contributed by atoms with van der Waals surface area (Å²) in [5, 5.41) is 0. The number of hydrogen-bond acceptors (Lipinski definition) is 4. The molecule has 0 unspecified atom stereocenters. The van der Waals surface area contributed by atoms with Crippen molar-refractivity contribution in [1.29, 1.82) is 0 Å². The Morgan fingerprint density at radius 3 is 2.85 bits per heavy atom. The highest BCUT2D eigenvalue weighted by atomic mass is 79.9. The Balaban J connectivity index is 1.33. The molecule has 1 amide bonds. The summed E-state index contributed by atoms with van der Waals surface area (Å²) in [5.41, 5.74) is 0. The van der Waals surface area contributed by atoms with Gasteiger partial charge in [0.25, 0.3) is 5.91 Å². The van der Waals surface area contributed by atoms with Crippen LogP contribution in [0.5, 0.6) is 5.75 Å². The molecule has 0 radical (unpaired) electrons. The molecule has 0 saturated carbocycles. The Morgan fingerprint density at radius 1 is 1.19 bits per heavy atom. The maximum Gasteiger partial charge on any atom is 0.289 e. The third-order valence-corrected chi connectivity index (χ3v) is 5.65. The normalized spacial score (nSPS) is 20.7. The van der Waals surface area contributed by atoms with Crippen molar-refractivity contribution in [2.24, 2.45) is 0 Å². The number of carbonyl (C=O) groups excluding carboxylic acids is 1. The van der Waals surface area contributed by atoms with Gasteiger partial charge in [-0.25, -0.2) is 0 Å². The maximum absolute atomic E-state index is 12.7. The number of carbonyl (C=O) groups is 1. The van der Waals surface area contributed by atoms with E-state index in [1.165, 1.54) is 25.9 Å². The number of ether oxygens (including phenoxy) is 1. The molecular formula is C20H23BrN2O3. The zero-order valence-corrected chi connectivity index (χ0v) is 16.3. The van der Waals surface area contributed by atoms with Crippen LogP contribution in [0.1, 0.15) is 35.6 Å². The maximum atomic E-state index is 12.7. The number of nitrogens with zero attached hydrogens (tertiary/aromatic N) is 2. The minimum absolute atomic E-state index is 0.0135. The molecule has 0 N–H and O–H groups in total.